The average molecular weight is 303 g/mol. The summed E-state index contributed by atoms with van der Waals surface area (Å²) in [6, 6.07) is 8.70. The van der Waals surface area contributed by atoms with Gasteiger partial charge >= 0.3 is 0 Å². The number of anilines is 1. The first-order valence-corrected chi connectivity index (χ1v) is 8.40. The number of benzene rings is 1. The van der Waals surface area contributed by atoms with Gasteiger partial charge in [0.1, 0.15) is 0 Å². The Morgan fingerprint density at radius 1 is 1.18 bits per heavy atom. The quantitative estimate of drug-likeness (QED) is 0.749. The molecule has 1 fully saturated rings. The van der Waals surface area contributed by atoms with Crippen LogP contribution < -0.4 is 10.2 Å². The molecule has 0 spiro atoms. The Morgan fingerprint density at radius 2 is 1.86 bits per heavy atom. The van der Waals surface area contributed by atoms with Crippen molar-refractivity contribution in [1.29, 1.82) is 0 Å². The molecule has 1 aliphatic rings. The van der Waals surface area contributed by atoms with Crippen molar-refractivity contribution in [3.63, 3.8) is 0 Å². The first-order valence-electron chi connectivity index (χ1n) is 8.40. The molecular formula is C18H29N3O. The number of carbonyl (C=O) groups excluding carboxylic acids is 1. The summed E-state index contributed by atoms with van der Waals surface area (Å²) in [7, 11) is 4.10. The smallest absolute Gasteiger partial charge is 0.220 e. The van der Waals surface area contributed by atoms with Gasteiger partial charge in [-0.2, -0.15) is 0 Å². The second kappa shape index (κ2) is 8.79. The highest BCUT2D eigenvalue weighted by Gasteiger charge is 2.11. The molecule has 4 nitrogen and oxygen atoms in total. The van der Waals surface area contributed by atoms with Crippen molar-refractivity contribution >= 4 is 11.6 Å². The standard InChI is InChI=1S/C18H29N3O/c1-20(2)13-5-12-19-18(22)11-8-16-6-9-17(10-7-16)21-14-3-4-15-21/h6-7,9-10H,3-5,8,11-15H2,1-2H3,(H,19,22). The van der Waals surface area contributed by atoms with E-state index in [1.165, 1.54) is 37.2 Å². The third-order valence-electron chi connectivity index (χ3n) is 4.15. The number of carbonyl (C=O) groups is 1. The predicted octanol–water partition coefficient (Wildman–Crippen LogP) is 2.29. The molecule has 4 heteroatoms. The van der Waals surface area contributed by atoms with E-state index < -0.39 is 0 Å². The molecule has 0 unspecified atom stereocenters. The maximum absolute atomic E-state index is 11.8. The van der Waals surface area contributed by atoms with Gasteiger partial charge in [-0.15, -0.1) is 0 Å². The summed E-state index contributed by atoms with van der Waals surface area (Å²) in [4.78, 5) is 16.4. The van der Waals surface area contributed by atoms with Gasteiger partial charge in [-0.05, 0) is 64.0 Å². The van der Waals surface area contributed by atoms with E-state index in [9.17, 15) is 4.79 Å². The number of nitrogens with one attached hydrogen (secondary N) is 1. The van der Waals surface area contributed by atoms with E-state index >= 15 is 0 Å². The van der Waals surface area contributed by atoms with Crippen LogP contribution in [0, 0.1) is 0 Å². The molecule has 1 saturated heterocycles. The minimum atomic E-state index is 0.155. The zero-order valence-electron chi connectivity index (χ0n) is 14.0. The summed E-state index contributed by atoms with van der Waals surface area (Å²) >= 11 is 0. The molecule has 0 aliphatic carbocycles. The largest absolute Gasteiger partial charge is 0.372 e. The van der Waals surface area contributed by atoms with Crippen molar-refractivity contribution in [2.75, 3.05) is 45.2 Å². The maximum Gasteiger partial charge on any atom is 0.220 e. The van der Waals surface area contributed by atoms with E-state index in [1.807, 2.05) is 14.1 Å². The van der Waals surface area contributed by atoms with Gasteiger partial charge in [-0.25, -0.2) is 0 Å². The zero-order chi connectivity index (χ0) is 15.8. The summed E-state index contributed by atoms with van der Waals surface area (Å²) in [5.74, 6) is 0.155. The number of rotatable bonds is 8. The van der Waals surface area contributed by atoms with Crippen LogP contribution in [0.3, 0.4) is 0 Å². The fourth-order valence-corrected chi connectivity index (χ4v) is 2.82. The minimum Gasteiger partial charge on any atom is -0.372 e. The topological polar surface area (TPSA) is 35.6 Å². The SMILES string of the molecule is CN(C)CCCNC(=O)CCc1ccc(N2CCCC2)cc1. The van der Waals surface area contributed by atoms with Crippen LogP contribution in [0.15, 0.2) is 24.3 Å². The predicted molar refractivity (Wildman–Crippen MR) is 92.4 cm³/mol. The van der Waals surface area contributed by atoms with Gasteiger partial charge in [-0.1, -0.05) is 12.1 Å². The molecule has 1 aromatic rings. The molecule has 1 aliphatic heterocycles. The summed E-state index contributed by atoms with van der Waals surface area (Å²) in [5.41, 5.74) is 2.56. The zero-order valence-corrected chi connectivity index (χ0v) is 14.0. The number of hydrogen-bond acceptors (Lipinski definition) is 3. The van der Waals surface area contributed by atoms with Gasteiger partial charge in [0.25, 0.3) is 0 Å². The van der Waals surface area contributed by atoms with Gasteiger partial charge < -0.3 is 15.1 Å². The van der Waals surface area contributed by atoms with Crippen molar-refractivity contribution in [1.82, 2.24) is 10.2 Å². The van der Waals surface area contributed by atoms with Crippen molar-refractivity contribution in [3.8, 4) is 0 Å². The molecular weight excluding hydrogens is 274 g/mol. The second-order valence-electron chi connectivity index (χ2n) is 6.37. The van der Waals surface area contributed by atoms with Gasteiger partial charge in [0.15, 0.2) is 0 Å². The van der Waals surface area contributed by atoms with E-state index in [0.717, 1.165) is 25.9 Å². The molecule has 122 valence electrons. The second-order valence-corrected chi connectivity index (χ2v) is 6.37. The van der Waals surface area contributed by atoms with Crippen LogP contribution >= 0.6 is 0 Å². The van der Waals surface area contributed by atoms with Crippen molar-refractivity contribution in [3.05, 3.63) is 29.8 Å². The monoisotopic (exact) mass is 303 g/mol. The number of amides is 1. The fraction of sp³-hybridized carbons (Fsp3) is 0.611. The van der Waals surface area contributed by atoms with Crippen LogP contribution in [0.1, 0.15) is 31.2 Å². The maximum atomic E-state index is 11.8. The molecule has 1 N–H and O–H groups in total. The van der Waals surface area contributed by atoms with E-state index in [0.29, 0.717) is 6.42 Å². The summed E-state index contributed by atoms with van der Waals surface area (Å²) in [5, 5.41) is 2.99. The first kappa shape index (κ1) is 16.8. The van der Waals surface area contributed by atoms with Crippen LogP contribution in [0.25, 0.3) is 0 Å². The number of hydrogen-bond donors (Lipinski definition) is 1. The van der Waals surface area contributed by atoms with E-state index in [2.05, 4.69) is 39.4 Å². The van der Waals surface area contributed by atoms with Crippen LogP contribution in [0.4, 0.5) is 5.69 Å². The Morgan fingerprint density at radius 3 is 2.50 bits per heavy atom. The van der Waals surface area contributed by atoms with Crippen LogP contribution in [-0.2, 0) is 11.2 Å². The molecule has 2 rings (SSSR count). The Balaban J connectivity index is 1.66. The lowest BCUT2D eigenvalue weighted by Crippen LogP contribution is -2.27. The lowest BCUT2D eigenvalue weighted by atomic mass is 10.1. The highest BCUT2D eigenvalue weighted by Crippen LogP contribution is 2.20. The number of aryl methyl sites for hydroxylation is 1. The molecule has 1 aromatic carbocycles. The summed E-state index contributed by atoms with van der Waals surface area (Å²) in [6.07, 6.45) is 5.00. The highest BCUT2D eigenvalue weighted by molar-refractivity contribution is 5.76. The highest BCUT2D eigenvalue weighted by atomic mass is 16.1. The number of nitrogens with zero attached hydrogens (tertiary/aromatic N) is 2. The van der Waals surface area contributed by atoms with E-state index in [1.54, 1.807) is 0 Å². The molecule has 1 heterocycles. The lowest BCUT2D eigenvalue weighted by Gasteiger charge is -2.17. The lowest BCUT2D eigenvalue weighted by molar-refractivity contribution is -0.121. The van der Waals surface area contributed by atoms with Crippen LogP contribution in [-0.4, -0.2) is 51.1 Å². The van der Waals surface area contributed by atoms with Crippen LogP contribution in [0.5, 0.6) is 0 Å². The third kappa shape index (κ3) is 5.68. The van der Waals surface area contributed by atoms with Crippen molar-refractivity contribution in [2.24, 2.45) is 0 Å². The molecule has 0 bridgehead atoms. The average Bonchev–Trinajstić information content (AvgIpc) is 3.04. The minimum absolute atomic E-state index is 0.155. The van der Waals surface area contributed by atoms with E-state index in [4.69, 9.17) is 0 Å². The Bertz CT molecular complexity index is 450. The molecule has 0 radical (unpaired) electrons. The van der Waals surface area contributed by atoms with Crippen LogP contribution in [0.2, 0.25) is 0 Å². The Kier molecular flexibility index (Phi) is 6.72. The first-order chi connectivity index (χ1) is 10.6. The van der Waals surface area contributed by atoms with Crippen molar-refractivity contribution < 1.29 is 4.79 Å². The van der Waals surface area contributed by atoms with Gasteiger partial charge in [0.05, 0.1) is 0 Å². The van der Waals surface area contributed by atoms with E-state index in [-0.39, 0.29) is 5.91 Å². The molecule has 1 amide bonds. The fourth-order valence-electron chi connectivity index (χ4n) is 2.82. The van der Waals surface area contributed by atoms with Crippen molar-refractivity contribution in [2.45, 2.75) is 32.1 Å². The molecule has 0 saturated carbocycles. The molecule has 0 atom stereocenters. The summed E-state index contributed by atoms with van der Waals surface area (Å²) < 4.78 is 0. The Labute approximate surface area is 134 Å². The van der Waals surface area contributed by atoms with Gasteiger partial charge in [0, 0.05) is 31.7 Å². The van der Waals surface area contributed by atoms with Gasteiger partial charge in [-0.3, -0.25) is 4.79 Å². The third-order valence-corrected chi connectivity index (χ3v) is 4.15. The van der Waals surface area contributed by atoms with Gasteiger partial charge in [0.2, 0.25) is 5.91 Å². The molecule has 0 aromatic heterocycles. The Hall–Kier alpha value is -1.55. The molecule has 22 heavy (non-hydrogen) atoms. The normalized spacial score (nSPS) is 14.6. The summed E-state index contributed by atoms with van der Waals surface area (Å²) in [6.45, 7) is 4.13.